The zero-order chi connectivity index (χ0) is 8.27. The molecule has 0 amide bonds. The number of aliphatic carboxylic acids is 1. The number of carbonyl (C=O) groups is 1. The first-order chi connectivity index (χ1) is 5.18. The molecular weight excluding hydrogens is 148 g/mol. The van der Waals surface area contributed by atoms with Crippen LogP contribution in [0.2, 0.25) is 0 Å². The lowest BCUT2D eigenvalue weighted by Crippen LogP contribution is -2.08. The third-order valence-electron chi connectivity index (χ3n) is 1.23. The third kappa shape index (κ3) is 2.29. The maximum absolute atomic E-state index is 10.5. The normalized spacial score (nSPS) is 9.82. The summed E-state index contributed by atoms with van der Waals surface area (Å²) in [6.07, 6.45) is 1.54. The molecule has 0 aromatic carbocycles. The van der Waals surface area contributed by atoms with Gasteiger partial charge in [-0.15, -0.1) is 0 Å². The van der Waals surface area contributed by atoms with Crippen molar-refractivity contribution in [3.05, 3.63) is 22.6 Å². The summed E-state index contributed by atoms with van der Waals surface area (Å²) in [5.74, 6) is -0.875. The van der Waals surface area contributed by atoms with Gasteiger partial charge in [0.1, 0.15) is 0 Å². The molecule has 0 spiro atoms. The van der Waals surface area contributed by atoms with E-state index in [0.717, 1.165) is 0 Å². The summed E-state index contributed by atoms with van der Waals surface area (Å²) in [6, 6.07) is 1.35. The van der Waals surface area contributed by atoms with Crippen LogP contribution in [0.5, 0.6) is 0 Å². The van der Waals surface area contributed by atoms with Crippen LogP contribution >= 0.6 is 0 Å². The van der Waals surface area contributed by atoms with Crippen LogP contribution in [0, 0.1) is 0 Å². The first kappa shape index (κ1) is 7.59. The van der Waals surface area contributed by atoms with Crippen molar-refractivity contribution in [1.82, 2.24) is 9.78 Å². The predicted octanol–water partition coefficient (Wildman–Crippen LogP) is -0.349. The van der Waals surface area contributed by atoms with E-state index in [4.69, 9.17) is 5.11 Å². The molecule has 0 atom stereocenters. The molecule has 0 aliphatic rings. The summed E-state index contributed by atoms with van der Waals surface area (Å²) in [6.45, 7) is 0.303. The lowest BCUT2D eigenvalue weighted by molar-refractivity contribution is -0.137. The molecule has 0 saturated carbocycles. The standard InChI is InChI=1S/C6H8N2O3/c9-5-1-3-8(7-5)4-2-6(10)11/h1,3H,2,4H2,(H,7,9)(H,10,11). The predicted molar refractivity (Wildman–Crippen MR) is 37.3 cm³/mol. The summed E-state index contributed by atoms with van der Waals surface area (Å²) in [5.41, 5.74) is -0.213. The Morgan fingerprint density at radius 1 is 1.73 bits per heavy atom. The average molecular weight is 156 g/mol. The summed E-state index contributed by atoms with van der Waals surface area (Å²) in [4.78, 5) is 20.6. The second-order valence-corrected chi connectivity index (χ2v) is 2.13. The number of carboxylic acids is 1. The van der Waals surface area contributed by atoms with Gasteiger partial charge in [0, 0.05) is 18.8 Å². The zero-order valence-electron chi connectivity index (χ0n) is 5.78. The van der Waals surface area contributed by atoms with E-state index in [-0.39, 0.29) is 12.0 Å². The van der Waals surface area contributed by atoms with Crippen molar-refractivity contribution >= 4 is 5.97 Å². The molecule has 11 heavy (non-hydrogen) atoms. The molecule has 0 aliphatic carbocycles. The minimum absolute atomic E-state index is 0.0185. The van der Waals surface area contributed by atoms with Crippen LogP contribution in [0.25, 0.3) is 0 Å². The summed E-state index contributed by atoms with van der Waals surface area (Å²) < 4.78 is 1.44. The number of hydrogen-bond donors (Lipinski definition) is 2. The molecule has 0 unspecified atom stereocenters. The van der Waals surface area contributed by atoms with E-state index >= 15 is 0 Å². The number of H-pyrrole nitrogens is 1. The second kappa shape index (κ2) is 3.05. The van der Waals surface area contributed by atoms with E-state index in [1.165, 1.54) is 16.9 Å². The molecule has 1 rings (SSSR count). The Balaban J connectivity index is 2.51. The molecule has 0 saturated heterocycles. The maximum atomic E-state index is 10.5. The van der Waals surface area contributed by atoms with Crippen LogP contribution in [-0.4, -0.2) is 20.9 Å². The van der Waals surface area contributed by atoms with Gasteiger partial charge in [-0.05, 0) is 0 Å². The lowest BCUT2D eigenvalue weighted by atomic mass is 10.4. The summed E-state index contributed by atoms with van der Waals surface area (Å²) in [7, 11) is 0. The molecule has 5 nitrogen and oxygen atoms in total. The number of nitrogens with zero attached hydrogens (tertiary/aromatic N) is 1. The van der Waals surface area contributed by atoms with Gasteiger partial charge in [0.15, 0.2) is 0 Å². The summed E-state index contributed by atoms with van der Waals surface area (Å²) in [5, 5.41) is 10.7. The summed E-state index contributed by atoms with van der Waals surface area (Å²) >= 11 is 0. The van der Waals surface area contributed by atoms with Gasteiger partial charge in [0.2, 0.25) is 0 Å². The molecule has 0 fully saturated rings. The highest BCUT2D eigenvalue weighted by Crippen LogP contribution is 1.85. The van der Waals surface area contributed by atoms with E-state index in [0.29, 0.717) is 6.54 Å². The van der Waals surface area contributed by atoms with Crippen LogP contribution in [0.4, 0.5) is 0 Å². The van der Waals surface area contributed by atoms with Gasteiger partial charge in [-0.3, -0.25) is 19.4 Å². The van der Waals surface area contributed by atoms with Crippen molar-refractivity contribution in [3.8, 4) is 0 Å². The Labute approximate surface area is 62.3 Å². The number of nitrogens with one attached hydrogen (secondary N) is 1. The van der Waals surface area contributed by atoms with Crippen LogP contribution < -0.4 is 5.56 Å². The van der Waals surface area contributed by atoms with Gasteiger partial charge in [-0.25, -0.2) is 0 Å². The van der Waals surface area contributed by atoms with Crippen molar-refractivity contribution in [2.24, 2.45) is 0 Å². The molecule has 0 bridgehead atoms. The van der Waals surface area contributed by atoms with Crippen LogP contribution in [0.3, 0.4) is 0 Å². The van der Waals surface area contributed by atoms with E-state index in [1.54, 1.807) is 0 Å². The molecule has 0 radical (unpaired) electrons. The third-order valence-corrected chi connectivity index (χ3v) is 1.23. The fourth-order valence-electron chi connectivity index (χ4n) is 0.720. The van der Waals surface area contributed by atoms with E-state index in [1.807, 2.05) is 0 Å². The largest absolute Gasteiger partial charge is 0.481 e. The number of aromatic nitrogens is 2. The molecule has 1 aromatic rings. The highest BCUT2D eigenvalue weighted by molar-refractivity contribution is 5.66. The molecule has 0 aliphatic heterocycles. The molecule has 5 heteroatoms. The van der Waals surface area contributed by atoms with Crippen molar-refractivity contribution in [2.45, 2.75) is 13.0 Å². The number of hydrogen-bond acceptors (Lipinski definition) is 2. The molecule has 1 heterocycles. The number of carboxylic acid groups (broad SMARTS) is 1. The average Bonchev–Trinajstić information content (AvgIpc) is 2.31. The minimum Gasteiger partial charge on any atom is -0.481 e. The van der Waals surface area contributed by atoms with Gasteiger partial charge < -0.3 is 5.11 Å². The monoisotopic (exact) mass is 156 g/mol. The quantitative estimate of drug-likeness (QED) is 0.628. The molecular formula is C6H8N2O3. The smallest absolute Gasteiger partial charge is 0.305 e. The van der Waals surface area contributed by atoms with Crippen molar-refractivity contribution in [1.29, 1.82) is 0 Å². The maximum Gasteiger partial charge on any atom is 0.305 e. The van der Waals surface area contributed by atoms with Crippen molar-refractivity contribution in [3.63, 3.8) is 0 Å². The highest BCUT2D eigenvalue weighted by Gasteiger charge is 1.96. The second-order valence-electron chi connectivity index (χ2n) is 2.13. The van der Waals surface area contributed by atoms with Gasteiger partial charge in [0.05, 0.1) is 6.42 Å². The van der Waals surface area contributed by atoms with Gasteiger partial charge >= 0.3 is 5.97 Å². The SMILES string of the molecule is O=C(O)CCn1ccc(=O)[nH]1. The van der Waals surface area contributed by atoms with Crippen LogP contribution in [-0.2, 0) is 11.3 Å². The highest BCUT2D eigenvalue weighted by atomic mass is 16.4. The van der Waals surface area contributed by atoms with Crippen LogP contribution in [0.15, 0.2) is 17.1 Å². The van der Waals surface area contributed by atoms with Crippen molar-refractivity contribution < 1.29 is 9.90 Å². The first-order valence-corrected chi connectivity index (χ1v) is 3.16. The molecule has 1 aromatic heterocycles. The number of aromatic amines is 1. The van der Waals surface area contributed by atoms with Gasteiger partial charge in [-0.2, -0.15) is 0 Å². The first-order valence-electron chi connectivity index (χ1n) is 3.16. The van der Waals surface area contributed by atoms with Gasteiger partial charge in [-0.1, -0.05) is 0 Å². The Morgan fingerprint density at radius 2 is 2.45 bits per heavy atom. The lowest BCUT2D eigenvalue weighted by Gasteiger charge is -1.96. The number of aryl methyl sites for hydroxylation is 1. The topological polar surface area (TPSA) is 75.1 Å². The van der Waals surface area contributed by atoms with Crippen LogP contribution in [0.1, 0.15) is 6.42 Å². The Hall–Kier alpha value is -1.52. The fraction of sp³-hybridized carbons (Fsp3) is 0.333. The molecule has 60 valence electrons. The van der Waals surface area contributed by atoms with E-state index < -0.39 is 5.97 Å². The fourth-order valence-corrected chi connectivity index (χ4v) is 0.720. The molecule has 2 N–H and O–H groups in total. The zero-order valence-corrected chi connectivity index (χ0v) is 5.78. The van der Waals surface area contributed by atoms with E-state index in [2.05, 4.69) is 5.10 Å². The van der Waals surface area contributed by atoms with Crippen molar-refractivity contribution in [2.75, 3.05) is 0 Å². The van der Waals surface area contributed by atoms with Gasteiger partial charge in [0.25, 0.3) is 5.56 Å². The number of rotatable bonds is 3. The Kier molecular flexibility index (Phi) is 2.10. The van der Waals surface area contributed by atoms with E-state index in [9.17, 15) is 9.59 Å². The Morgan fingerprint density at radius 3 is 2.91 bits per heavy atom. The Bertz CT molecular complexity index is 299. The minimum atomic E-state index is -0.875.